The van der Waals surface area contributed by atoms with Gasteiger partial charge in [-0.25, -0.2) is 10.6 Å². The van der Waals surface area contributed by atoms with Crippen molar-refractivity contribution < 1.29 is 0 Å². The van der Waals surface area contributed by atoms with Crippen LogP contribution in [-0.2, 0) is 7.05 Å². The van der Waals surface area contributed by atoms with E-state index < -0.39 is 5.69 Å². The van der Waals surface area contributed by atoms with Gasteiger partial charge in [-0.2, -0.15) is 9.97 Å². The van der Waals surface area contributed by atoms with Gasteiger partial charge in [-0.05, 0) is 17.6 Å². The number of aromatic nitrogens is 3. The monoisotopic (exact) mass is 307 g/mol. The molecular weight excluding hydrogens is 290 g/mol. The van der Waals surface area contributed by atoms with Crippen LogP contribution >= 0.6 is 0 Å². The standard InChI is InChI=1S/C10H11N5O.C7H6/c1-15-8(7-5-3-2-4-6-7)12-9(14-11)13-10(15)16;1-2-7-4-3-6(1)5-7/h2-6H,11H2,1H3,(H,13,14,16);1-4H,5H2. The van der Waals surface area contributed by atoms with Gasteiger partial charge in [0.25, 0.3) is 0 Å². The zero-order valence-corrected chi connectivity index (χ0v) is 12.7. The van der Waals surface area contributed by atoms with E-state index in [1.165, 1.54) is 22.1 Å². The lowest BCUT2D eigenvalue weighted by Gasteiger charge is -2.07. The van der Waals surface area contributed by atoms with Crippen LogP contribution in [0.1, 0.15) is 6.42 Å². The predicted molar refractivity (Wildman–Crippen MR) is 90.4 cm³/mol. The highest BCUT2D eigenvalue weighted by molar-refractivity contribution is 5.56. The minimum Gasteiger partial charge on any atom is -0.292 e. The molecule has 0 fully saturated rings. The highest BCUT2D eigenvalue weighted by Crippen LogP contribution is 2.27. The molecule has 6 heteroatoms. The topological polar surface area (TPSA) is 85.8 Å². The molecule has 0 saturated heterocycles. The Morgan fingerprint density at radius 3 is 2.22 bits per heavy atom. The van der Waals surface area contributed by atoms with Crippen molar-refractivity contribution in [3.63, 3.8) is 0 Å². The van der Waals surface area contributed by atoms with Crippen LogP contribution in [0.4, 0.5) is 5.95 Å². The second-order valence-electron chi connectivity index (χ2n) is 5.22. The van der Waals surface area contributed by atoms with Crippen LogP contribution in [0.5, 0.6) is 0 Å². The van der Waals surface area contributed by atoms with E-state index >= 15 is 0 Å². The quantitative estimate of drug-likeness (QED) is 0.654. The molecule has 2 aromatic rings. The van der Waals surface area contributed by atoms with Crippen molar-refractivity contribution in [2.45, 2.75) is 6.42 Å². The van der Waals surface area contributed by atoms with E-state index in [0.717, 1.165) is 5.56 Å². The van der Waals surface area contributed by atoms with Crippen molar-refractivity contribution in [1.29, 1.82) is 0 Å². The third-order valence-corrected chi connectivity index (χ3v) is 3.61. The summed E-state index contributed by atoms with van der Waals surface area (Å²) in [6.45, 7) is 0. The summed E-state index contributed by atoms with van der Waals surface area (Å²) in [4.78, 5) is 19.3. The summed E-state index contributed by atoms with van der Waals surface area (Å²) in [5.41, 5.74) is 5.64. The van der Waals surface area contributed by atoms with Crippen LogP contribution in [0.15, 0.2) is 70.6 Å². The second kappa shape index (κ2) is 6.41. The fourth-order valence-electron chi connectivity index (χ4n) is 2.38. The van der Waals surface area contributed by atoms with Gasteiger partial charge < -0.3 is 0 Å². The van der Waals surface area contributed by atoms with E-state index in [4.69, 9.17) is 5.84 Å². The van der Waals surface area contributed by atoms with E-state index in [0.29, 0.717) is 5.82 Å². The van der Waals surface area contributed by atoms with Crippen LogP contribution in [0.3, 0.4) is 0 Å². The molecule has 1 aromatic carbocycles. The molecule has 0 radical (unpaired) electrons. The molecule has 1 aromatic heterocycles. The molecule has 2 aliphatic rings. The normalized spacial score (nSPS) is 14.0. The average molecular weight is 307 g/mol. The highest BCUT2D eigenvalue weighted by atomic mass is 16.1. The number of fused-ring (bicyclic) bond motifs is 2. The van der Waals surface area contributed by atoms with E-state index in [1.807, 2.05) is 30.3 Å². The van der Waals surface area contributed by atoms with Crippen LogP contribution < -0.4 is 17.0 Å². The zero-order valence-electron chi connectivity index (χ0n) is 12.7. The molecule has 6 nitrogen and oxygen atoms in total. The molecule has 0 aliphatic heterocycles. The maximum Gasteiger partial charge on any atom is 0.352 e. The fourth-order valence-corrected chi connectivity index (χ4v) is 2.38. The average Bonchev–Trinajstić information content (AvgIpc) is 3.24. The fraction of sp³-hybridized carbons (Fsp3) is 0.118. The van der Waals surface area contributed by atoms with E-state index in [1.54, 1.807) is 7.05 Å². The lowest BCUT2D eigenvalue weighted by molar-refractivity contribution is 0.785. The maximum absolute atomic E-state index is 11.5. The van der Waals surface area contributed by atoms with Gasteiger partial charge in [0.05, 0.1) is 0 Å². The number of hydrogen-bond acceptors (Lipinski definition) is 5. The number of nitrogen functional groups attached to an aromatic ring is 1. The summed E-state index contributed by atoms with van der Waals surface area (Å²) in [6.07, 6.45) is 9.90. The smallest absolute Gasteiger partial charge is 0.292 e. The first-order valence-corrected chi connectivity index (χ1v) is 7.22. The van der Waals surface area contributed by atoms with Gasteiger partial charge in [0.2, 0.25) is 5.95 Å². The van der Waals surface area contributed by atoms with Crippen LogP contribution in [-0.4, -0.2) is 14.5 Å². The molecule has 0 atom stereocenters. The number of nitrogens with one attached hydrogen (secondary N) is 1. The first kappa shape index (κ1) is 14.9. The number of hydrazine groups is 1. The maximum atomic E-state index is 11.5. The van der Waals surface area contributed by atoms with Crippen molar-refractivity contribution in [1.82, 2.24) is 14.5 Å². The van der Waals surface area contributed by atoms with Crippen LogP contribution in [0.25, 0.3) is 11.4 Å². The molecule has 2 bridgehead atoms. The van der Waals surface area contributed by atoms with Crippen LogP contribution in [0.2, 0.25) is 0 Å². The Morgan fingerprint density at radius 1 is 1.09 bits per heavy atom. The van der Waals surface area contributed by atoms with Crippen molar-refractivity contribution in [3.05, 3.63) is 76.3 Å². The molecule has 23 heavy (non-hydrogen) atoms. The van der Waals surface area contributed by atoms with Gasteiger partial charge in [0.1, 0.15) is 5.82 Å². The summed E-state index contributed by atoms with van der Waals surface area (Å²) in [5.74, 6) is 5.83. The van der Waals surface area contributed by atoms with Gasteiger partial charge >= 0.3 is 5.69 Å². The Bertz CT molecular complexity index is 842. The second-order valence-corrected chi connectivity index (χ2v) is 5.22. The van der Waals surface area contributed by atoms with Gasteiger partial charge in [0.15, 0.2) is 0 Å². The van der Waals surface area contributed by atoms with Crippen molar-refractivity contribution in [3.8, 4) is 11.4 Å². The summed E-state index contributed by atoms with van der Waals surface area (Å²) >= 11 is 0. The molecule has 0 unspecified atom stereocenters. The number of nitrogens with zero attached hydrogens (tertiary/aromatic N) is 3. The number of hydrogen-bond donors (Lipinski definition) is 2. The number of rotatable bonds is 2. The van der Waals surface area contributed by atoms with E-state index in [-0.39, 0.29) is 5.95 Å². The Balaban J connectivity index is 0.000000183. The minimum atomic E-state index is -0.401. The van der Waals surface area contributed by atoms with Gasteiger partial charge in [-0.3, -0.25) is 9.99 Å². The SMILES string of the molecule is C1=CC2=CC=C1C2.Cn1c(-c2ccccc2)nc(NN)nc1=O. The predicted octanol–water partition coefficient (Wildman–Crippen LogP) is 1.94. The lowest BCUT2D eigenvalue weighted by Crippen LogP contribution is -2.26. The van der Waals surface area contributed by atoms with Gasteiger partial charge in [-0.15, -0.1) is 0 Å². The van der Waals surface area contributed by atoms with Crippen molar-refractivity contribution in [2.75, 3.05) is 5.43 Å². The zero-order chi connectivity index (χ0) is 16.2. The lowest BCUT2D eigenvalue weighted by atomic mass is 10.2. The number of anilines is 1. The van der Waals surface area contributed by atoms with Gasteiger partial charge in [-0.1, -0.05) is 54.6 Å². The number of allylic oxidation sites excluding steroid dienone is 6. The molecule has 116 valence electrons. The summed E-state index contributed by atoms with van der Waals surface area (Å²) < 4.78 is 1.37. The summed E-state index contributed by atoms with van der Waals surface area (Å²) in [5, 5.41) is 0. The van der Waals surface area contributed by atoms with Gasteiger partial charge in [0, 0.05) is 12.6 Å². The Hall–Kier alpha value is -2.99. The molecule has 0 spiro atoms. The molecule has 4 rings (SSSR count). The summed E-state index contributed by atoms with van der Waals surface area (Å²) in [6, 6.07) is 9.37. The molecule has 2 aliphatic carbocycles. The first-order chi connectivity index (χ1) is 11.2. The summed E-state index contributed by atoms with van der Waals surface area (Å²) in [7, 11) is 1.62. The Morgan fingerprint density at radius 2 is 1.74 bits per heavy atom. The van der Waals surface area contributed by atoms with E-state index in [2.05, 4.69) is 39.7 Å². The molecule has 0 amide bonds. The Labute approximate surface area is 133 Å². The number of benzene rings is 1. The van der Waals surface area contributed by atoms with Crippen molar-refractivity contribution >= 4 is 5.95 Å². The Kier molecular flexibility index (Phi) is 4.16. The highest BCUT2D eigenvalue weighted by Gasteiger charge is 2.08. The van der Waals surface area contributed by atoms with Crippen molar-refractivity contribution in [2.24, 2.45) is 12.9 Å². The van der Waals surface area contributed by atoms with Crippen LogP contribution in [0, 0.1) is 0 Å². The molecule has 3 N–H and O–H groups in total. The third kappa shape index (κ3) is 3.27. The number of nitrogens with two attached hydrogens (primary N) is 1. The third-order valence-electron chi connectivity index (χ3n) is 3.61. The minimum absolute atomic E-state index is 0.113. The molecule has 0 saturated carbocycles. The molecule has 1 heterocycles. The molecular formula is C17H17N5O. The first-order valence-electron chi connectivity index (χ1n) is 7.22. The van der Waals surface area contributed by atoms with E-state index in [9.17, 15) is 4.79 Å². The largest absolute Gasteiger partial charge is 0.352 e.